The van der Waals surface area contributed by atoms with Gasteiger partial charge in [-0.1, -0.05) is 26.0 Å². The monoisotopic (exact) mass is 246 g/mol. The van der Waals surface area contributed by atoms with E-state index in [1.165, 1.54) is 12.1 Å². The highest BCUT2D eigenvalue weighted by Gasteiger charge is 2.11. The highest BCUT2D eigenvalue weighted by Crippen LogP contribution is 2.19. The molecule has 96 valence electrons. The van der Waals surface area contributed by atoms with Gasteiger partial charge in [-0.2, -0.15) is 0 Å². The minimum absolute atomic E-state index is 0.0690. The first-order chi connectivity index (χ1) is 8.56. The number of hydrogen-bond acceptors (Lipinski definition) is 1. The van der Waals surface area contributed by atoms with Crippen LogP contribution in [0.15, 0.2) is 42.7 Å². The van der Waals surface area contributed by atoms with E-state index in [1.807, 2.05) is 12.3 Å². The summed E-state index contributed by atoms with van der Waals surface area (Å²) < 4.78 is 14.9. The van der Waals surface area contributed by atoms with Crippen LogP contribution in [0.2, 0.25) is 0 Å². The van der Waals surface area contributed by atoms with E-state index < -0.39 is 0 Å². The first kappa shape index (κ1) is 12.8. The topological polar surface area (TPSA) is 30.9 Å². The van der Waals surface area contributed by atoms with E-state index in [0.29, 0.717) is 5.92 Å². The number of hydrogen-bond donors (Lipinski definition) is 1. The van der Waals surface area contributed by atoms with Crippen LogP contribution in [-0.2, 0) is 6.54 Å². The molecule has 2 N–H and O–H groups in total. The second-order valence-electron chi connectivity index (χ2n) is 5.01. The Balaban J connectivity index is 2.09. The first-order valence-corrected chi connectivity index (χ1v) is 6.22. The molecule has 2 nitrogen and oxygen atoms in total. The molecule has 1 aromatic carbocycles. The van der Waals surface area contributed by atoms with Gasteiger partial charge in [0, 0.05) is 25.0 Å². The minimum atomic E-state index is -0.200. The van der Waals surface area contributed by atoms with Crippen molar-refractivity contribution in [2.75, 3.05) is 0 Å². The molecule has 0 saturated heterocycles. The van der Waals surface area contributed by atoms with E-state index in [2.05, 4.69) is 24.6 Å². The maximum atomic E-state index is 12.8. The molecule has 0 spiro atoms. The van der Waals surface area contributed by atoms with Crippen molar-refractivity contribution < 1.29 is 4.39 Å². The maximum absolute atomic E-state index is 12.8. The lowest BCUT2D eigenvalue weighted by atomic mass is 10.00. The SMILES string of the molecule is CC(C)C(N)c1ccn(Cc2ccc(F)cc2)c1. The number of benzene rings is 1. The van der Waals surface area contributed by atoms with Gasteiger partial charge >= 0.3 is 0 Å². The Bertz CT molecular complexity index is 499. The molecule has 0 aliphatic carbocycles. The zero-order valence-corrected chi connectivity index (χ0v) is 10.8. The highest BCUT2D eigenvalue weighted by atomic mass is 19.1. The van der Waals surface area contributed by atoms with Crippen molar-refractivity contribution in [3.05, 3.63) is 59.7 Å². The summed E-state index contributed by atoms with van der Waals surface area (Å²) in [6.07, 6.45) is 4.08. The lowest BCUT2D eigenvalue weighted by Gasteiger charge is -2.13. The average molecular weight is 246 g/mol. The van der Waals surface area contributed by atoms with Gasteiger partial charge in [0.2, 0.25) is 0 Å². The standard InChI is InChI=1S/C15H19FN2/c1-11(2)15(17)13-7-8-18(10-13)9-12-3-5-14(16)6-4-12/h3-8,10-11,15H,9,17H2,1-2H3. The molecule has 0 amide bonds. The molecule has 0 fully saturated rings. The molecule has 0 radical (unpaired) electrons. The molecule has 0 aliphatic rings. The number of nitrogens with two attached hydrogens (primary N) is 1. The zero-order valence-electron chi connectivity index (χ0n) is 10.8. The number of aromatic nitrogens is 1. The molecular formula is C15H19FN2. The van der Waals surface area contributed by atoms with Gasteiger partial charge in [0.15, 0.2) is 0 Å². The van der Waals surface area contributed by atoms with E-state index in [4.69, 9.17) is 5.73 Å². The van der Waals surface area contributed by atoms with Gasteiger partial charge in [0.25, 0.3) is 0 Å². The highest BCUT2D eigenvalue weighted by molar-refractivity contribution is 5.20. The van der Waals surface area contributed by atoms with Gasteiger partial charge in [-0.25, -0.2) is 4.39 Å². The smallest absolute Gasteiger partial charge is 0.123 e. The molecule has 1 unspecified atom stereocenters. The van der Waals surface area contributed by atoms with Gasteiger partial charge < -0.3 is 10.3 Å². The molecule has 1 heterocycles. The van der Waals surface area contributed by atoms with Crippen LogP contribution >= 0.6 is 0 Å². The molecular weight excluding hydrogens is 227 g/mol. The summed E-state index contributed by atoms with van der Waals surface area (Å²) in [6, 6.07) is 8.70. The van der Waals surface area contributed by atoms with E-state index in [-0.39, 0.29) is 11.9 Å². The second kappa shape index (κ2) is 5.36. The van der Waals surface area contributed by atoms with E-state index in [1.54, 1.807) is 12.1 Å². The molecule has 1 aromatic heterocycles. The van der Waals surface area contributed by atoms with Gasteiger partial charge in [-0.05, 0) is 35.2 Å². The Morgan fingerprint density at radius 2 is 1.83 bits per heavy atom. The summed E-state index contributed by atoms with van der Waals surface area (Å²) in [5.74, 6) is 0.223. The van der Waals surface area contributed by atoms with Crippen LogP contribution in [0.1, 0.15) is 31.0 Å². The molecule has 2 aromatic rings. The fourth-order valence-electron chi connectivity index (χ4n) is 1.94. The third kappa shape index (κ3) is 2.99. The van der Waals surface area contributed by atoms with Gasteiger partial charge in [0.05, 0.1) is 0 Å². The molecule has 1 atom stereocenters. The molecule has 2 rings (SSSR count). The predicted molar refractivity (Wildman–Crippen MR) is 71.7 cm³/mol. The van der Waals surface area contributed by atoms with Crippen molar-refractivity contribution in [1.29, 1.82) is 0 Å². The quantitative estimate of drug-likeness (QED) is 0.881. The van der Waals surface area contributed by atoms with Crippen molar-refractivity contribution in [3.8, 4) is 0 Å². The molecule has 18 heavy (non-hydrogen) atoms. The lowest BCUT2D eigenvalue weighted by molar-refractivity contribution is 0.513. The summed E-state index contributed by atoms with van der Waals surface area (Å²) >= 11 is 0. The normalized spacial score (nSPS) is 12.9. The zero-order chi connectivity index (χ0) is 13.1. The third-order valence-corrected chi connectivity index (χ3v) is 3.15. The van der Waals surface area contributed by atoms with Gasteiger partial charge in [-0.15, -0.1) is 0 Å². The fraction of sp³-hybridized carbons (Fsp3) is 0.333. The average Bonchev–Trinajstić information content (AvgIpc) is 2.79. The third-order valence-electron chi connectivity index (χ3n) is 3.15. The summed E-state index contributed by atoms with van der Waals surface area (Å²) in [7, 11) is 0. The summed E-state index contributed by atoms with van der Waals surface area (Å²) in [5, 5.41) is 0. The van der Waals surface area contributed by atoms with Crippen LogP contribution in [0.3, 0.4) is 0 Å². The van der Waals surface area contributed by atoms with Crippen LogP contribution in [0.4, 0.5) is 4.39 Å². The van der Waals surface area contributed by atoms with E-state index >= 15 is 0 Å². The van der Waals surface area contributed by atoms with Crippen molar-refractivity contribution in [1.82, 2.24) is 4.57 Å². The van der Waals surface area contributed by atoms with Crippen LogP contribution in [0.25, 0.3) is 0 Å². The Morgan fingerprint density at radius 3 is 2.44 bits per heavy atom. The number of nitrogens with zero attached hydrogens (tertiary/aromatic N) is 1. The van der Waals surface area contributed by atoms with Crippen molar-refractivity contribution >= 4 is 0 Å². The second-order valence-corrected chi connectivity index (χ2v) is 5.01. The van der Waals surface area contributed by atoms with Crippen molar-refractivity contribution in [3.63, 3.8) is 0 Å². The molecule has 3 heteroatoms. The van der Waals surface area contributed by atoms with E-state index in [9.17, 15) is 4.39 Å². The Labute approximate surface area is 107 Å². The minimum Gasteiger partial charge on any atom is -0.350 e. The van der Waals surface area contributed by atoms with Gasteiger partial charge in [0.1, 0.15) is 5.82 Å². The summed E-state index contributed by atoms with van der Waals surface area (Å²) in [4.78, 5) is 0. The Kier molecular flexibility index (Phi) is 3.82. The Hall–Kier alpha value is -1.61. The maximum Gasteiger partial charge on any atom is 0.123 e. The number of rotatable bonds is 4. The largest absolute Gasteiger partial charge is 0.350 e. The molecule has 0 saturated carbocycles. The van der Waals surface area contributed by atoms with Crippen molar-refractivity contribution in [2.45, 2.75) is 26.4 Å². The molecule has 0 bridgehead atoms. The fourth-order valence-corrected chi connectivity index (χ4v) is 1.94. The van der Waals surface area contributed by atoms with Crippen LogP contribution in [0, 0.1) is 11.7 Å². The summed E-state index contributed by atoms with van der Waals surface area (Å²) in [5.41, 5.74) is 8.33. The van der Waals surface area contributed by atoms with Crippen LogP contribution in [0.5, 0.6) is 0 Å². The number of halogens is 1. The lowest BCUT2D eigenvalue weighted by Crippen LogP contribution is -2.15. The Morgan fingerprint density at radius 1 is 1.17 bits per heavy atom. The predicted octanol–water partition coefficient (Wildman–Crippen LogP) is 3.33. The van der Waals surface area contributed by atoms with E-state index in [0.717, 1.165) is 17.7 Å². The van der Waals surface area contributed by atoms with Gasteiger partial charge in [-0.3, -0.25) is 0 Å². The van der Waals surface area contributed by atoms with Crippen molar-refractivity contribution in [2.24, 2.45) is 11.7 Å². The van der Waals surface area contributed by atoms with Crippen LogP contribution < -0.4 is 5.73 Å². The molecule has 0 aliphatic heterocycles. The first-order valence-electron chi connectivity index (χ1n) is 6.22. The van der Waals surface area contributed by atoms with Crippen LogP contribution in [-0.4, -0.2) is 4.57 Å². The summed E-state index contributed by atoms with van der Waals surface area (Å²) in [6.45, 7) is 4.97.